The molecule has 0 unspecified atom stereocenters. The maximum Gasteiger partial charge on any atom is 0.330 e. The summed E-state index contributed by atoms with van der Waals surface area (Å²) in [6.45, 7) is 17.3. The molecule has 0 amide bonds. The number of hydrogen-bond donors (Lipinski definition) is 2. The molecule has 0 saturated carbocycles. The molecule has 5 nitrogen and oxygen atoms in total. The monoisotopic (exact) mass is 358 g/mol. The van der Waals surface area contributed by atoms with E-state index >= 15 is 0 Å². The lowest BCUT2D eigenvalue weighted by atomic mass is 9.88. The zero-order valence-electron chi connectivity index (χ0n) is 16.4. The van der Waals surface area contributed by atoms with Crippen molar-refractivity contribution < 1.29 is 24.2 Å². The van der Waals surface area contributed by atoms with Crippen molar-refractivity contribution in [1.82, 2.24) is 0 Å². The molecule has 0 spiro atoms. The van der Waals surface area contributed by atoms with Crippen LogP contribution in [0.5, 0.6) is 0 Å². The number of rotatable bonds is 8. The summed E-state index contributed by atoms with van der Waals surface area (Å²) in [4.78, 5) is 11.6. The van der Waals surface area contributed by atoms with E-state index in [2.05, 4.69) is 45.2 Å². The molecule has 0 radical (unpaired) electrons. The SMILES string of the molecule is C=C(C)[C@](O)(CO)C[C@H](O[Si](C)(C)C(C)(C)C)/C(C)=C/C(=O)OC. The van der Waals surface area contributed by atoms with Crippen molar-refractivity contribution >= 4 is 14.3 Å². The van der Waals surface area contributed by atoms with Crippen LogP contribution in [0.4, 0.5) is 0 Å². The second-order valence-electron chi connectivity index (χ2n) is 7.95. The molecule has 0 heterocycles. The van der Waals surface area contributed by atoms with Crippen molar-refractivity contribution in [3.8, 4) is 0 Å². The summed E-state index contributed by atoms with van der Waals surface area (Å²) in [5.41, 5.74) is -0.349. The Hall–Kier alpha value is -0.953. The van der Waals surface area contributed by atoms with Gasteiger partial charge < -0.3 is 19.4 Å². The minimum absolute atomic E-state index is 0.0304. The third-order valence-electron chi connectivity index (χ3n) is 4.88. The van der Waals surface area contributed by atoms with Crippen LogP contribution < -0.4 is 0 Å². The highest BCUT2D eigenvalue weighted by atomic mass is 28.4. The van der Waals surface area contributed by atoms with Crippen LogP contribution in [0, 0.1) is 0 Å². The van der Waals surface area contributed by atoms with E-state index in [-0.39, 0.29) is 11.5 Å². The number of hydrogen-bond acceptors (Lipinski definition) is 5. The van der Waals surface area contributed by atoms with Gasteiger partial charge in [0, 0.05) is 12.5 Å². The molecule has 0 aromatic heterocycles. The Morgan fingerprint density at radius 1 is 1.29 bits per heavy atom. The molecule has 6 heteroatoms. The summed E-state index contributed by atoms with van der Waals surface area (Å²) in [6, 6.07) is 0. The van der Waals surface area contributed by atoms with Gasteiger partial charge in [0.2, 0.25) is 0 Å². The average molecular weight is 359 g/mol. The van der Waals surface area contributed by atoms with Crippen molar-refractivity contribution in [3.63, 3.8) is 0 Å². The van der Waals surface area contributed by atoms with Crippen molar-refractivity contribution in [2.75, 3.05) is 13.7 Å². The van der Waals surface area contributed by atoms with Gasteiger partial charge in [0.15, 0.2) is 8.32 Å². The van der Waals surface area contributed by atoms with Crippen LogP contribution in [-0.4, -0.2) is 49.9 Å². The fourth-order valence-electron chi connectivity index (χ4n) is 1.85. The first-order valence-electron chi connectivity index (χ1n) is 8.13. The van der Waals surface area contributed by atoms with E-state index in [1.54, 1.807) is 13.8 Å². The standard InChI is InChI=1S/C18H34O5Si/c1-13(2)18(21,12-19)11-15(14(3)10-16(20)22-7)23-24(8,9)17(4,5)6/h10,15,19,21H,1,11-12H2,2-9H3/b14-10+/t15-,18+/m0/s1. The molecule has 0 bridgehead atoms. The second kappa shape index (κ2) is 8.42. The second-order valence-corrected chi connectivity index (χ2v) is 12.7. The van der Waals surface area contributed by atoms with Crippen LogP contribution in [0.3, 0.4) is 0 Å². The van der Waals surface area contributed by atoms with Gasteiger partial charge in [0.05, 0.1) is 19.8 Å². The van der Waals surface area contributed by atoms with E-state index in [1.807, 2.05) is 0 Å². The largest absolute Gasteiger partial charge is 0.466 e. The molecule has 140 valence electrons. The van der Waals surface area contributed by atoms with Crippen LogP contribution in [0.2, 0.25) is 18.1 Å². The first kappa shape index (κ1) is 23.0. The Labute approximate surface area is 147 Å². The molecule has 0 saturated heterocycles. The summed E-state index contributed by atoms with van der Waals surface area (Å²) in [6.07, 6.45) is 0.984. The Bertz CT molecular complexity index is 490. The van der Waals surface area contributed by atoms with Gasteiger partial charge in [-0.25, -0.2) is 4.79 Å². The van der Waals surface area contributed by atoms with Crippen LogP contribution >= 0.6 is 0 Å². The fourth-order valence-corrected chi connectivity index (χ4v) is 3.18. The number of carbonyl (C=O) groups excluding carboxylic acids is 1. The molecule has 2 N–H and O–H groups in total. The molecular formula is C18H34O5Si. The molecule has 0 aliphatic heterocycles. The Morgan fingerprint density at radius 3 is 2.12 bits per heavy atom. The predicted octanol–water partition coefficient (Wildman–Crippen LogP) is 3.19. The molecule has 0 aliphatic rings. The fraction of sp³-hybridized carbons (Fsp3) is 0.722. The summed E-state index contributed by atoms with van der Waals surface area (Å²) in [7, 11) is -0.841. The topological polar surface area (TPSA) is 76.0 Å². The lowest BCUT2D eigenvalue weighted by Crippen LogP contribution is -2.47. The van der Waals surface area contributed by atoms with E-state index in [4.69, 9.17) is 4.43 Å². The van der Waals surface area contributed by atoms with Crippen molar-refractivity contribution in [2.24, 2.45) is 0 Å². The smallest absolute Gasteiger partial charge is 0.330 e. The van der Waals surface area contributed by atoms with Gasteiger partial charge in [-0.1, -0.05) is 27.4 Å². The number of carbonyl (C=O) groups is 1. The number of aliphatic hydroxyl groups is 2. The van der Waals surface area contributed by atoms with Crippen molar-refractivity contribution in [2.45, 2.75) is 70.9 Å². The van der Waals surface area contributed by atoms with Crippen LogP contribution in [-0.2, 0) is 14.0 Å². The van der Waals surface area contributed by atoms with Gasteiger partial charge in [-0.15, -0.1) is 0 Å². The van der Waals surface area contributed by atoms with Crippen LogP contribution in [0.1, 0.15) is 41.0 Å². The van der Waals surface area contributed by atoms with Gasteiger partial charge in [-0.05, 0) is 43.1 Å². The first-order valence-corrected chi connectivity index (χ1v) is 11.0. The summed E-state index contributed by atoms with van der Waals surface area (Å²) in [5.74, 6) is -0.473. The first-order chi connectivity index (χ1) is 10.7. The van der Waals surface area contributed by atoms with Crippen molar-refractivity contribution in [1.29, 1.82) is 0 Å². The Kier molecular flexibility index (Phi) is 8.09. The Morgan fingerprint density at radius 2 is 1.79 bits per heavy atom. The van der Waals surface area contributed by atoms with E-state index in [9.17, 15) is 15.0 Å². The van der Waals surface area contributed by atoms with Gasteiger partial charge in [0.25, 0.3) is 0 Å². The summed E-state index contributed by atoms with van der Waals surface area (Å²) >= 11 is 0. The zero-order chi connectivity index (χ0) is 19.3. The van der Waals surface area contributed by atoms with Gasteiger partial charge in [-0.2, -0.15) is 0 Å². The number of esters is 1. The number of ether oxygens (including phenoxy) is 1. The van der Waals surface area contributed by atoms with Gasteiger partial charge in [-0.3, -0.25) is 0 Å². The molecule has 0 fully saturated rings. The van der Waals surface area contributed by atoms with Crippen LogP contribution in [0.15, 0.2) is 23.8 Å². The molecule has 0 aliphatic carbocycles. The minimum Gasteiger partial charge on any atom is -0.466 e. The van der Waals surface area contributed by atoms with E-state index in [0.717, 1.165) is 0 Å². The molecule has 24 heavy (non-hydrogen) atoms. The third kappa shape index (κ3) is 6.16. The van der Waals surface area contributed by atoms with Crippen molar-refractivity contribution in [3.05, 3.63) is 23.8 Å². The third-order valence-corrected chi connectivity index (χ3v) is 9.36. The van der Waals surface area contributed by atoms with Gasteiger partial charge in [0.1, 0.15) is 5.60 Å². The van der Waals surface area contributed by atoms with Gasteiger partial charge >= 0.3 is 5.97 Å². The normalized spacial score (nSPS) is 17.2. The Balaban J connectivity index is 5.74. The summed E-state index contributed by atoms with van der Waals surface area (Å²) < 4.78 is 11.1. The summed E-state index contributed by atoms with van der Waals surface area (Å²) in [5, 5.41) is 20.2. The zero-order valence-corrected chi connectivity index (χ0v) is 17.4. The lowest BCUT2D eigenvalue weighted by Gasteiger charge is -2.41. The van der Waals surface area contributed by atoms with Crippen LogP contribution in [0.25, 0.3) is 0 Å². The highest BCUT2D eigenvalue weighted by molar-refractivity contribution is 6.74. The minimum atomic E-state index is -2.15. The lowest BCUT2D eigenvalue weighted by molar-refractivity contribution is -0.135. The molecule has 0 aromatic carbocycles. The molecular weight excluding hydrogens is 324 g/mol. The van der Waals surface area contributed by atoms with E-state index < -0.39 is 32.6 Å². The number of aliphatic hydroxyl groups excluding tert-OH is 1. The van der Waals surface area contributed by atoms with E-state index in [0.29, 0.717) is 11.1 Å². The number of methoxy groups -OCH3 is 1. The average Bonchev–Trinajstić information content (AvgIpc) is 2.44. The highest BCUT2D eigenvalue weighted by Gasteiger charge is 2.41. The maximum absolute atomic E-state index is 11.6. The molecule has 0 aromatic rings. The molecule has 0 rings (SSSR count). The van der Waals surface area contributed by atoms with E-state index in [1.165, 1.54) is 13.2 Å². The molecule has 2 atom stereocenters. The maximum atomic E-state index is 11.6. The predicted molar refractivity (Wildman–Crippen MR) is 99.3 cm³/mol. The quantitative estimate of drug-likeness (QED) is 0.302. The highest BCUT2D eigenvalue weighted by Crippen LogP contribution is 2.39.